The number of hydrogen-bond donors (Lipinski definition) is 1. The van der Waals surface area contributed by atoms with Gasteiger partial charge in [-0.3, -0.25) is 9.59 Å². The molecule has 0 aliphatic carbocycles. The third kappa shape index (κ3) is 6.88. The lowest BCUT2D eigenvalue weighted by molar-refractivity contribution is -0.144. The number of carbonyl (C=O) groups excluding carboxylic acids is 1. The maximum absolute atomic E-state index is 11.0. The van der Waals surface area contributed by atoms with Crippen molar-refractivity contribution < 1.29 is 19.4 Å². The number of rotatable bonds is 7. The summed E-state index contributed by atoms with van der Waals surface area (Å²) in [4.78, 5) is 20.7. The van der Waals surface area contributed by atoms with Crippen molar-refractivity contribution in [3.63, 3.8) is 0 Å². The molecule has 0 aromatic heterocycles. The summed E-state index contributed by atoms with van der Waals surface area (Å²) in [5.41, 5.74) is 0. The fourth-order valence-electron chi connectivity index (χ4n) is 0.771. The molecule has 82 valence electrons. The smallest absolute Gasteiger partial charge is 0.317 e. The second-order valence-electron chi connectivity index (χ2n) is 2.92. The van der Waals surface area contributed by atoms with Crippen LogP contribution in [0.4, 0.5) is 0 Å². The lowest BCUT2D eigenvalue weighted by Crippen LogP contribution is -2.15. The topological polar surface area (TPSA) is 63.6 Å². The lowest BCUT2D eigenvalue weighted by atomic mass is 10.2. The van der Waals surface area contributed by atoms with E-state index < -0.39 is 10.8 Å². The molecule has 0 bridgehead atoms. The van der Waals surface area contributed by atoms with Crippen LogP contribution in [0.25, 0.3) is 0 Å². The van der Waals surface area contributed by atoms with E-state index >= 15 is 0 Å². The van der Waals surface area contributed by atoms with Crippen LogP contribution < -0.4 is 0 Å². The normalized spacial score (nSPS) is 12.1. The first-order valence-electron chi connectivity index (χ1n) is 4.60. The SMILES string of the molecule is CCCCOC(=O)CCC(Br)C(=O)O. The summed E-state index contributed by atoms with van der Waals surface area (Å²) in [6.45, 7) is 2.43. The number of alkyl halides is 1. The molecule has 0 aromatic rings. The van der Waals surface area contributed by atoms with Crippen LogP contribution in [0.3, 0.4) is 0 Å². The van der Waals surface area contributed by atoms with Crippen molar-refractivity contribution in [3.05, 3.63) is 0 Å². The Morgan fingerprint density at radius 2 is 2.14 bits per heavy atom. The van der Waals surface area contributed by atoms with E-state index in [1.807, 2.05) is 6.92 Å². The molecule has 0 spiro atoms. The molecule has 0 saturated heterocycles. The third-order valence-electron chi connectivity index (χ3n) is 1.63. The van der Waals surface area contributed by atoms with Gasteiger partial charge in [-0.1, -0.05) is 29.3 Å². The van der Waals surface area contributed by atoms with Gasteiger partial charge in [-0.25, -0.2) is 0 Å². The number of carboxylic acids is 1. The van der Waals surface area contributed by atoms with Crippen LogP contribution in [0.15, 0.2) is 0 Å². The molecule has 5 heteroatoms. The van der Waals surface area contributed by atoms with Crippen molar-refractivity contribution in [1.29, 1.82) is 0 Å². The number of esters is 1. The molecule has 14 heavy (non-hydrogen) atoms. The minimum Gasteiger partial charge on any atom is -0.480 e. The molecule has 0 radical (unpaired) electrons. The Kier molecular flexibility index (Phi) is 7.47. The number of halogens is 1. The van der Waals surface area contributed by atoms with Crippen LogP contribution in [0.2, 0.25) is 0 Å². The Balaban J connectivity index is 3.48. The predicted octanol–water partition coefficient (Wildman–Crippen LogP) is 1.96. The number of hydrogen-bond acceptors (Lipinski definition) is 3. The summed E-state index contributed by atoms with van der Waals surface area (Å²) in [6.07, 6.45) is 2.23. The summed E-state index contributed by atoms with van der Waals surface area (Å²) in [7, 11) is 0. The molecule has 0 aliphatic rings. The number of carbonyl (C=O) groups is 2. The van der Waals surface area contributed by atoms with Crippen molar-refractivity contribution in [2.45, 2.75) is 37.4 Å². The molecule has 0 fully saturated rings. The molecule has 0 aromatic carbocycles. The highest BCUT2D eigenvalue weighted by Gasteiger charge is 2.15. The van der Waals surface area contributed by atoms with Gasteiger partial charge in [-0.05, 0) is 12.8 Å². The van der Waals surface area contributed by atoms with E-state index in [0.717, 1.165) is 12.8 Å². The van der Waals surface area contributed by atoms with E-state index in [1.54, 1.807) is 0 Å². The van der Waals surface area contributed by atoms with Gasteiger partial charge in [0.15, 0.2) is 0 Å². The largest absolute Gasteiger partial charge is 0.480 e. The molecule has 1 unspecified atom stereocenters. The van der Waals surface area contributed by atoms with Crippen LogP contribution in [0.5, 0.6) is 0 Å². The minimum absolute atomic E-state index is 0.145. The molecule has 1 atom stereocenters. The maximum Gasteiger partial charge on any atom is 0.317 e. The monoisotopic (exact) mass is 266 g/mol. The zero-order valence-corrected chi connectivity index (χ0v) is 9.75. The van der Waals surface area contributed by atoms with Gasteiger partial charge in [0, 0.05) is 6.42 Å². The Hall–Kier alpha value is -0.580. The van der Waals surface area contributed by atoms with Crippen molar-refractivity contribution in [2.75, 3.05) is 6.61 Å². The molecule has 0 rings (SSSR count). The van der Waals surface area contributed by atoms with Crippen LogP contribution in [0.1, 0.15) is 32.6 Å². The van der Waals surface area contributed by atoms with E-state index in [2.05, 4.69) is 15.9 Å². The fraction of sp³-hybridized carbons (Fsp3) is 0.778. The molecule has 1 N–H and O–H groups in total. The first kappa shape index (κ1) is 13.4. The van der Waals surface area contributed by atoms with Crippen molar-refractivity contribution >= 4 is 27.9 Å². The molecular formula is C9H15BrO4. The van der Waals surface area contributed by atoms with Crippen molar-refractivity contribution in [2.24, 2.45) is 0 Å². The van der Waals surface area contributed by atoms with Crippen LogP contribution in [0, 0.1) is 0 Å². The Labute approximate surface area is 91.8 Å². The van der Waals surface area contributed by atoms with Gasteiger partial charge in [0.2, 0.25) is 0 Å². The Bertz CT molecular complexity index is 193. The summed E-state index contributed by atoms with van der Waals surface area (Å²) >= 11 is 2.95. The summed E-state index contributed by atoms with van der Waals surface area (Å²) in [6, 6.07) is 0. The van der Waals surface area contributed by atoms with Crippen molar-refractivity contribution in [3.8, 4) is 0 Å². The summed E-state index contributed by atoms with van der Waals surface area (Å²) in [5, 5.41) is 8.51. The highest BCUT2D eigenvalue weighted by atomic mass is 79.9. The number of aliphatic carboxylic acids is 1. The predicted molar refractivity (Wildman–Crippen MR) is 55.5 cm³/mol. The van der Waals surface area contributed by atoms with E-state index in [0.29, 0.717) is 6.61 Å². The standard InChI is InChI=1S/C9H15BrO4/c1-2-3-6-14-8(11)5-4-7(10)9(12)13/h7H,2-6H2,1H3,(H,12,13). The molecule has 0 heterocycles. The third-order valence-corrected chi connectivity index (χ3v) is 2.48. The highest BCUT2D eigenvalue weighted by Crippen LogP contribution is 2.08. The molecule has 0 amide bonds. The number of unbranched alkanes of at least 4 members (excludes halogenated alkanes) is 1. The quantitative estimate of drug-likeness (QED) is 0.435. The van der Waals surface area contributed by atoms with Gasteiger partial charge in [0.05, 0.1) is 6.61 Å². The Morgan fingerprint density at radius 1 is 1.50 bits per heavy atom. The molecular weight excluding hydrogens is 252 g/mol. The van der Waals surface area contributed by atoms with Gasteiger partial charge < -0.3 is 9.84 Å². The second kappa shape index (κ2) is 7.79. The Morgan fingerprint density at radius 3 is 2.64 bits per heavy atom. The first-order valence-corrected chi connectivity index (χ1v) is 5.52. The fourth-order valence-corrected chi connectivity index (χ4v) is 0.999. The minimum atomic E-state index is -0.952. The lowest BCUT2D eigenvalue weighted by Gasteiger charge is -2.05. The average molecular weight is 267 g/mol. The van der Waals surface area contributed by atoms with E-state index in [1.165, 1.54) is 0 Å². The number of ether oxygens (including phenoxy) is 1. The van der Waals surface area contributed by atoms with Crippen LogP contribution in [-0.2, 0) is 14.3 Å². The summed E-state index contributed by atoms with van der Waals surface area (Å²) in [5.74, 6) is -1.28. The maximum atomic E-state index is 11.0. The molecule has 0 saturated carbocycles. The highest BCUT2D eigenvalue weighted by molar-refractivity contribution is 9.10. The van der Waals surface area contributed by atoms with Crippen molar-refractivity contribution in [1.82, 2.24) is 0 Å². The summed E-state index contributed by atoms with van der Waals surface area (Å²) < 4.78 is 4.86. The van der Waals surface area contributed by atoms with Gasteiger partial charge in [-0.15, -0.1) is 0 Å². The van der Waals surface area contributed by atoms with Crippen LogP contribution >= 0.6 is 15.9 Å². The molecule has 4 nitrogen and oxygen atoms in total. The first-order chi connectivity index (χ1) is 6.57. The average Bonchev–Trinajstić information content (AvgIpc) is 2.14. The molecule has 0 aliphatic heterocycles. The van der Waals surface area contributed by atoms with E-state index in [9.17, 15) is 9.59 Å². The van der Waals surface area contributed by atoms with Crippen LogP contribution in [-0.4, -0.2) is 28.5 Å². The second-order valence-corrected chi connectivity index (χ2v) is 4.02. The number of carboxylic acid groups (broad SMARTS) is 1. The van der Waals surface area contributed by atoms with E-state index in [4.69, 9.17) is 9.84 Å². The zero-order valence-electron chi connectivity index (χ0n) is 8.16. The van der Waals surface area contributed by atoms with Gasteiger partial charge in [-0.2, -0.15) is 0 Å². The van der Waals surface area contributed by atoms with Gasteiger partial charge >= 0.3 is 11.9 Å². The van der Waals surface area contributed by atoms with E-state index in [-0.39, 0.29) is 18.8 Å². The van der Waals surface area contributed by atoms with Gasteiger partial charge in [0.25, 0.3) is 0 Å². The zero-order chi connectivity index (χ0) is 11.0. The van der Waals surface area contributed by atoms with Gasteiger partial charge in [0.1, 0.15) is 4.83 Å².